The molecule has 256 valence electrons. The summed E-state index contributed by atoms with van der Waals surface area (Å²) in [6, 6.07) is 21.0. The summed E-state index contributed by atoms with van der Waals surface area (Å²) in [6.45, 7) is 2.84. The second kappa shape index (κ2) is 16.2. The molecule has 3 aliphatic rings. The third-order valence-corrected chi connectivity index (χ3v) is 10.2. The largest absolute Gasteiger partial charge is 0.496 e. The Hall–Kier alpha value is -4.54. The van der Waals surface area contributed by atoms with Crippen molar-refractivity contribution in [3.05, 3.63) is 83.4 Å². The standard InChI is InChI=1S/C39H46N6O4/c1-49-37-21-31(35(46)19-27-16-17-41-23-27)12-15-34(37)28-6-2-25(3-7-28)18-32(20-36(47)29-8-4-26(22-40)5-9-29)39(48)44-33-13-10-30(11-14-33)38-42-24-43-45-38/h2-3,6-7,10-15,21,26-27,29,32,41H,4-5,8-9,16-20,22-24,40H2,1H3,(H,44,48)/t26?,27-,29?,32?/m0/s1. The first-order chi connectivity index (χ1) is 23.9. The van der Waals surface area contributed by atoms with Crippen LogP contribution in [0.25, 0.3) is 11.1 Å². The summed E-state index contributed by atoms with van der Waals surface area (Å²) in [7, 11) is 1.62. The van der Waals surface area contributed by atoms with E-state index < -0.39 is 5.92 Å². The van der Waals surface area contributed by atoms with Crippen molar-refractivity contribution in [1.82, 2.24) is 5.32 Å². The molecule has 0 radical (unpaired) electrons. The van der Waals surface area contributed by atoms with E-state index in [0.29, 0.717) is 60.7 Å². The van der Waals surface area contributed by atoms with Gasteiger partial charge in [-0.1, -0.05) is 30.3 Å². The average molecular weight is 663 g/mol. The zero-order valence-electron chi connectivity index (χ0n) is 28.2. The van der Waals surface area contributed by atoms with Gasteiger partial charge < -0.3 is 21.1 Å². The van der Waals surface area contributed by atoms with Gasteiger partial charge in [-0.15, -0.1) is 5.11 Å². The predicted molar refractivity (Wildman–Crippen MR) is 191 cm³/mol. The highest BCUT2D eigenvalue weighted by Gasteiger charge is 2.30. The number of anilines is 1. The van der Waals surface area contributed by atoms with Crippen LogP contribution in [0.4, 0.5) is 5.69 Å². The number of amides is 1. The molecule has 49 heavy (non-hydrogen) atoms. The van der Waals surface area contributed by atoms with Crippen LogP contribution in [-0.2, 0) is 16.0 Å². The maximum atomic E-state index is 13.8. The molecule has 3 aromatic carbocycles. The fourth-order valence-corrected chi connectivity index (χ4v) is 7.19. The number of rotatable bonds is 14. The van der Waals surface area contributed by atoms with Crippen LogP contribution in [0.5, 0.6) is 5.75 Å². The highest BCUT2D eigenvalue weighted by Crippen LogP contribution is 2.34. The summed E-state index contributed by atoms with van der Waals surface area (Å²) in [5, 5.41) is 14.3. The molecule has 0 aromatic heterocycles. The minimum Gasteiger partial charge on any atom is -0.496 e. The van der Waals surface area contributed by atoms with E-state index in [0.717, 1.165) is 67.4 Å². The van der Waals surface area contributed by atoms with Crippen LogP contribution in [0.3, 0.4) is 0 Å². The number of nitrogens with two attached hydrogens (primary N) is 1. The van der Waals surface area contributed by atoms with Crippen molar-refractivity contribution < 1.29 is 19.1 Å². The Morgan fingerprint density at radius 2 is 1.69 bits per heavy atom. The number of amidine groups is 1. The minimum atomic E-state index is -0.534. The van der Waals surface area contributed by atoms with Crippen molar-refractivity contribution in [2.24, 2.45) is 44.6 Å². The molecule has 2 atom stereocenters. The number of Topliss-reactive ketones (excluding diaryl/α,β-unsaturated/α-hetero) is 2. The number of hydrogen-bond acceptors (Lipinski definition) is 9. The lowest BCUT2D eigenvalue weighted by atomic mass is 9.77. The van der Waals surface area contributed by atoms with E-state index in [4.69, 9.17) is 10.5 Å². The SMILES string of the molecule is COc1cc(C(=O)C[C@@H]2CCNC2)ccc1-c1ccc(CC(CC(=O)C2CCC(CN)CC2)C(=O)Nc2ccc(C3=NCN=N3)cc2)cc1. The zero-order valence-corrected chi connectivity index (χ0v) is 28.2. The summed E-state index contributed by atoms with van der Waals surface area (Å²) >= 11 is 0. The van der Waals surface area contributed by atoms with Crippen LogP contribution in [0.2, 0.25) is 0 Å². The van der Waals surface area contributed by atoms with E-state index in [-0.39, 0.29) is 29.8 Å². The van der Waals surface area contributed by atoms with Crippen molar-refractivity contribution in [3.63, 3.8) is 0 Å². The zero-order chi connectivity index (χ0) is 34.2. The van der Waals surface area contributed by atoms with Gasteiger partial charge in [-0.3, -0.25) is 14.4 Å². The number of carbonyl (C=O) groups is 3. The van der Waals surface area contributed by atoms with E-state index in [9.17, 15) is 14.4 Å². The monoisotopic (exact) mass is 662 g/mol. The average Bonchev–Trinajstić information content (AvgIpc) is 3.87. The van der Waals surface area contributed by atoms with Crippen molar-refractivity contribution in [2.45, 2.75) is 51.4 Å². The molecule has 1 saturated heterocycles. The summed E-state index contributed by atoms with van der Waals surface area (Å²) in [5.41, 5.74) is 10.8. The normalized spacial score (nSPS) is 20.9. The lowest BCUT2D eigenvalue weighted by molar-refractivity contribution is -0.129. The van der Waals surface area contributed by atoms with Gasteiger partial charge in [-0.25, -0.2) is 4.99 Å². The van der Waals surface area contributed by atoms with E-state index in [2.05, 4.69) is 25.9 Å². The summed E-state index contributed by atoms with van der Waals surface area (Å²) in [6.07, 6.45) is 5.74. The molecule has 3 aromatic rings. The van der Waals surface area contributed by atoms with E-state index >= 15 is 0 Å². The number of benzene rings is 3. The van der Waals surface area contributed by atoms with Crippen LogP contribution in [0, 0.1) is 23.7 Å². The maximum absolute atomic E-state index is 13.8. The van der Waals surface area contributed by atoms with Gasteiger partial charge in [-0.2, -0.15) is 5.11 Å². The first kappa shape index (κ1) is 34.3. The van der Waals surface area contributed by atoms with Gasteiger partial charge in [-0.05, 0) is 118 Å². The number of nitrogens with zero attached hydrogens (tertiary/aromatic N) is 3. The highest BCUT2D eigenvalue weighted by molar-refractivity contribution is 6.01. The first-order valence-electron chi connectivity index (χ1n) is 17.5. The smallest absolute Gasteiger partial charge is 0.228 e. The fourth-order valence-electron chi connectivity index (χ4n) is 7.19. The first-order valence-corrected chi connectivity index (χ1v) is 17.5. The molecule has 10 nitrogen and oxygen atoms in total. The summed E-state index contributed by atoms with van der Waals surface area (Å²) < 4.78 is 5.72. The molecule has 2 fully saturated rings. The number of carbonyl (C=O) groups excluding carboxylic acids is 3. The Morgan fingerprint density at radius 1 is 0.939 bits per heavy atom. The van der Waals surface area contributed by atoms with Crippen LogP contribution in [0.15, 0.2) is 82.0 Å². The Kier molecular flexibility index (Phi) is 11.4. The Labute approximate surface area is 288 Å². The number of hydrogen-bond donors (Lipinski definition) is 3. The van der Waals surface area contributed by atoms with E-state index in [1.165, 1.54) is 0 Å². The van der Waals surface area contributed by atoms with Crippen LogP contribution in [-0.4, -0.2) is 56.7 Å². The Bertz CT molecular complexity index is 1690. The number of aliphatic imine (C=N–C) groups is 1. The van der Waals surface area contributed by atoms with Gasteiger partial charge in [0.1, 0.15) is 11.5 Å². The number of ketones is 2. The fraction of sp³-hybridized carbons (Fsp3) is 0.436. The van der Waals surface area contributed by atoms with Gasteiger partial charge in [0.05, 0.1) is 7.11 Å². The van der Waals surface area contributed by atoms with Crippen LogP contribution in [0.1, 0.15) is 66.4 Å². The molecule has 1 aliphatic carbocycles. The molecular formula is C39H46N6O4. The van der Waals surface area contributed by atoms with Crippen molar-refractivity contribution in [2.75, 3.05) is 38.7 Å². The Balaban J connectivity index is 1.15. The molecule has 0 spiro atoms. The molecular weight excluding hydrogens is 616 g/mol. The number of ether oxygens (including phenoxy) is 1. The lowest BCUT2D eigenvalue weighted by Crippen LogP contribution is -2.31. The van der Waals surface area contributed by atoms with Crippen LogP contribution >= 0.6 is 0 Å². The van der Waals surface area contributed by atoms with Crippen molar-refractivity contribution in [3.8, 4) is 16.9 Å². The maximum Gasteiger partial charge on any atom is 0.228 e. The van der Waals surface area contributed by atoms with Gasteiger partial charge in [0.2, 0.25) is 5.91 Å². The molecule has 1 saturated carbocycles. The molecule has 1 unspecified atom stereocenters. The second-order valence-electron chi connectivity index (χ2n) is 13.6. The molecule has 10 heteroatoms. The van der Waals surface area contributed by atoms with Crippen LogP contribution < -0.4 is 21.1 Å². The second-order valence-corrected chi connectivity index (χ2v) is 13.6. The number of methoxy groups -OCH3 is 1. The van der Waals surface area contributed by atoms with Gasteiger partial charge in [0.15, 0.2) is 18.3 Å². The number of nitrogens with one attached hydrogen (secondary N) is 2. The topological polar surface area (TPSA) is 148 Å². The summed E-state index contributed by atoms with van der Waals surface area (Å²) in [5.74, 6) is 1.61. The highest BCUT2D eigenvalue weighted by atomic mass is 16.5. The van der Waals surface area contributed by atoms with Gasteiger partial charge in [0, 0.05) is 47.1 Å². The quantitative estimate of drug-likeness (QED) is 0.174. The third kappa shape index (κ3) is 8.74. The van der Waals surface area contributed by atoms with Gasteiger partial charge in [0.25, 0.3) is 0 Å². The van der Waals surface area contributed by atoms with Gasteiger partial charge >= 0.3 is 0 Å². The summed E-state index contributed by atoms with van der Waals surface area (Å²) in [4.78, 5) is 44.5. The predicted octanol–water partition coefficient (Wildman–Crippen LogP) is 6.24. The molecule has 2 heterocycles. The lowest BCUT2D eigenvalue weighted by Gasteiger charge is -2.27. The van der Waals surface area contributed by atoms with Crippen molar-refractivity contribution in [1.29, 1.82) is 0 Å². The number of azo groups is 1. The van der Waals surface area contributed by atoms with E-state index in [1.54, 1.807) is 7.11 Å². The molecule has 0 bridgehead atoms. The molecule has 1 amide bonds. The molecule has 6 rings (SSSR count). The minimum absolute atomic E-state index is 0.0294. The van der Waals surface area contributed by atoms with E-state index in [1.807, 2.05) is 66.7 Å². The Morgan fingerprint density at radius 3 is 2.35 bits per heavy atom. The molecule has 4 N–H and O–H groups in total. The third-order valence-electron chi connectivity index (χ3n) is 10.2. The van der Waals surface area contributed by atoms with Crippen molar-refractivity contribution >= 4 is 29.0 Å². The molecule has 2 aliphatic heterocycles.